The monoisotopic (exact) mass is 445 g/mol. The number of furan rings is 1. The molecule has 1 aromatic heterocycles. The molecule has 0 saturated heterocycles. The fourth-order valence-electron chi connectivity index (χ4n) is 3.69. The van der Waals surface area contributed by atoms with Crippen LogP contribution in [0.15, 0.2) is 77.2 Å². The fourth-order valence-corrected chi connectivity index (χ4v) is 3.69. The molecule has 3 N–H and O–H groups in total. The molecule has 0 spiro atoms. The lowest BCUT2D eigenvalue weighted by Gasteiger charge is -2.14. The van der Waals surface area contributed by atoms with Gasteiger partial charge in [0.15, 0.2) is 5.76 Å². The predicted molar refractivity (Wildman–Crippen MR) is 123 cm³/mol. The van der Waals surface area contributed by atoms with Crippen LogP contribution in [0.4, 0.5) is 0 Å². The summed E-state index contributed by atoms with van der Waals surface area (Å²) in [6, 6.07) is 20.5. The summed E-state index contributed by atoms with van der Waals surface area (Å²) in [7, 11) is 1.55. The zero-order chi connectivity index (χ0) is 23.4. The van der Waals surface area contributed by atoms with Crippen LogP contribution in [0, 0.1) is 0 Å². The van der Waals surface area contributed by atoms with E-state index < -0.39 is 17.9 Å². The highest BCUT2D eigenvalue weighted by Crippen LogP contribution is 2.25. The smallest absolute Gasteiger partial charge is 0.326 e. The van der Waals surface area contributed by atoms with Gasteiger partial charge in [0.2, 0.25) is 0 Å². The van der Waals surface area contributed by atoms with Crippen molar-refractivity contribution in [2.75, 3.05) is 7.11 Å². The Morgan fingerprint density at radius 1 is 1.03 bits per heavy atom. The Morgan fingerprint density at radius 3 is 2.48 bits per heavy atom. The van der Waals surface area contributed by atoms with E-state index in [1.807, 2.05) is 48.5 Å². The number of aliphatic hydroxyl groups excluding tert-OH is 1. The lowest BCUT2D eigenvalue weighted by molar-refractivity contribution is -0.139. The molecule has 0 aliphatic rings. The van der Waals surface area contributed by atoms with E-state index in [0.717, 1.165) is 22.3 Å². The summed E-state index contributed by atoms with van der Waals surface area (Å²) in [5, 5.41) is 22.4. The standard InChI is InChI=1S/C26H23NO6/c1-32-20-10-11-23-19(13-20)14-24(33-23)25(29)27-22(26(30)31)12-16-6-8-17(9-7-16)21-5-3-2-4-18(21)15-28/h2-11,13-14,22,28H,12,15H2,1H3,(H,27,29)(H,30,31)/t22-/m0/s1. The minimum atomic E-state index is -1.14. The number of benzene rings is 3. The summed E-state index contributed by atoms with van der Waals surface area (Å²) in [6.07, 6.45) is 0.108. The number of ether oxygens (including phenoxy) is 1. The second kappa shape index (κ2) is 9.58. The number of amides is 1. The van der Waals surface area contributed by atoms with Gasteiger partial charge in [-0.2, -0.15) is 0 Å². The van der Waals surface area contributed by atoms with Crippen LogP contribution in [0.1, 0.15) is 21.7 Å². The molecule has 0 aliphatic carbocycles. The summed E-state index contributed by atoms with van der Waals surface area (Å²) in [5.41, 5.74) is 3.89. The first-order valence-electron chi connectivity index (χ1n) is 10.4. The number of carbonyl (C=O) groups excluding carboxylic acids is 1. The number of methoxy groups -OCH3 is 1. The normalized spacial score (nSPS) is 11.8. The first-order valence-corrected chi connectivity index (χ1v) is 10.4. The Hall–Kier alpha value is -4.10. The van der Waals surface area contributed by atoms with Crippen molar-refractivity contribution in [3.8, 4) is 16.9 Å². The second-order valence-corrected chi connectivity index (χ2v) is 7.60. The second-order valence-electron chi connectivity index (χ2n) is 7.60. The minimum absolute atomic E-state index is 0.0282. The van der Waals surface area contributed by atoms with Gasteiger partial charge in [0.1, 0.15) is 17.4 Å². The van der Waals surface area contributed by atoms with Gasteiger partial charge in [-0.1, -0.05) is 48.5 Å². The zero-order valence-electron chi connectivity index (χ0n) is 17.9. The van der Waals surface area contributed by atoms with Crippen LogP contribution < -0.4 is 10.1 Å². The number of hydrogen-bond acceptors (Lipinski definition) is 5. The van der Waals surface area contributed by atoms with Crippen molar-refractivity contribution in [2.24, 2.45) is 0 Å². The highest BCUT2D eigenvalue weighted by Gasteiger charge is 2.23. The van der Waals surface area contributed by atoms with E-state index in [1.165, 1.54) is 0 Å². The number of fused-ring (bicyclic) bond motifs is 1. The first-order chi connectivity index (χ1) is 16.0. The van der Waals surface area contributed by atoms with E-state index >= 15 is 0 Å². The van der Waals surface area contributed by atoms with Gasteiger partial charge >= 0.3 is 5.97 Å². The Morgan fingerprint density at radius 2 is 1.79 bits per heavy atom. The summed E-state index contributed by atoms with van der Waals surface area (Å²) in [5.74, 6) is -1.09. The fraction of sp³-hybridized carbons (Fsp3) is 0.154. The molecular weight excluding hydrogens is 422 g/mol. The molecular formula is C26H23NO6. The lowest BCUT2D eigenvalue weighted by atomic mass is 9.97. The molecule has 0 saturated carbocycles. The molecule has 4 aromatic rings. The van der Waals surface area contributed by atoms with E-state index in [4.69, 9.17) is 9.15 Å². The lowest BCUT2D eigenvalue weighted by Crippen LogP contribution is -2.42. The highest BCUT2D eigenvalue weighted by molar-refractivity contribution is 5.98. The van der Waals surface area contributed by atoms with Crippen LogP contribution in [0.2, 0.25) is 0 Å². The summed E-state index contributed by atoms with van der Waals surface area (Å²) in [6.45, 7) is -0.0698. The molecule has 1 heterocycles. The largest absolute Gasteiger partial charge is 0.497 e. The van der Waals surface area contributed by atoms with Gasteiger partial charge in [0.05, 0.1) is 13.7 Å². The molecule has 0 unspecified atom stereocenters. The number of carboxylic acid groups (broad SMARTS) is 1. The maximum absolute atomic E-state index is 12.7. The summed E-state index contributed by atoms with van der Waals surface area (Å²) in [4.78, 5) is 24.5. The van der Waals surface area contributed by atoms with E-state index in [1.54, 1.807) is 31.4 Å². The molecule has 0 aliphatic heterocycles. The van der Waals surface area contributed by atoms with Gasteiger partial charge in [-0.15, -0.1) is 0 Å². The molecule has 1 amide bonds. The van der Waals surface area contributed by atoms with Crippen molar-refractivity contribution in [3.63, 3.8) is 0 Å². The van der Waals surface area contributed by atoms with Gasteiger partial charge in [0.25, 0.3) is 5.91 Å². The van der Waals surface area contributed by atoms with Crippen molar-refractivity contribution >= 4 is 22.8 Å². The molecule has 33 heavy (non-hydrogen) atoms. The predicted octanol–water partition coefficient (Wildman–Crippen LogP) is 4.03. The number of hydrogen-bond donors (Lipinski definition) is 3. The number of carboxylic acids is 1. The maximum atomic E-state index is 12.7. The number of rotatable bonds is 8. The topological polar surface area (TPSA) is 109 Å². The van der Waals surface area contributed by atoms with Gasteiger partial charge in [-0.25, -0.2) is 4.79 Å². The maximum Gasteiger partial charge on any atom is 0.326 e. The van der Waals surface area contributed by atoms with Crippen LogP contribution in [0.5, 0.6) is 5.75 Å². The van der Waals surface area contributed by atoms with Crippen molar-refractivity contribution in [2.45, 2.75) is 19.1 Å². The summed E-state index contributed by atoms with van der Waals surface area (Å²) < 4.78 is 10.7. The van der Waals surface area contributed by atoms with Gasteiger partial charge in [-0.05, 0) is 46.5 Å². The molecule has 0 fully saturated rings. The van der Waals surface area contributed by atoms with Crippen LogP contribution >= 0.6 is 0 Å². The molecule has 7 heteroatoms. The van der Waals surface area contributed by atoms with Crippen molar-refractivity contribution < 1.29 is 29.0 Å². The molecule has 1 atom stereocenters. The van der Waals surface area contributed by atoms with Gasteiger partial charge in [0, 0.05) is 11.8 Å². The zero-order valence-corrected chi connectivity index (χ0v) is 17.9. The Kier molecular flexibility index (Phi) is 6.42. The number of aliphatic hydroxyl groups is 1. The Labute approximate surface area is 190 Å². The Balaban J connectivity index is 1.49. The average molecular weight is 445 g/mol. The van der Waals surface area contributed by atoms with Crippen molar-refractivity contribution in [1.29, 1.82) is 0 Å². The van der Waals surface area contributed by atoms with Crippen molar-refractivity contribution in [3.05, 3.63) is 89.7 Å². The van der Waals surface area contributed by atoms with E-state index in [2.05, 4.69) is 5.32 Å². The van der Waals surface area contributed by atoms with Crippen molar-refractivity contribution in [1.82, 2.24) is 5.32 Å². The molecule has 4 rings (SSSR count). The van der Waals surface area contributed by atoms with Gasteiger partial charge in [-0.3, -0.25) is 4.79 Å². The van der Waals surface area contributed by atoms with E-state index in [-0.39, 0.29) is 18.8 Å². The molecule has 168 valence electrons. The SMILES string of the molecule is COc1ccc2oc(C(=O)N[C@@H](Cc3ccc(-c4ccccc4CO)cc3)C(=O)O)cc2c1. The minimum Gasteiger partial charge on any atom is -0.497 e. The first kappa shape index (κ1) is 22.1. The molecule has 0 bridgehead atoms. The van der Waals surface area contributed by atoms with Crippen LogP contribution in [-0.2, 0) is 17.8 Å². The molecule has 0 radical (unpaired) electrons. The summed E-state index contributed by atoms with van der Waals surface area (Å²) >= 11 is 0. The molecule has 3 aromatic carbocycles. The third-order valence-corrected chi connectivity index (χ3v) is 5.44. The third kappa shape index (κ3) is 4.88. The highest BCUT2D eigenvalue weighted by atomic mass is 16.5. The van der Waals surface area contributed by atoms with E-state index in [0.29, 0.717) is 16.7 Å². The average Bonchev–Trinajstić information content (AvgIpc) is 3.27. The van der Waals surface area contributed by atoms with Crippen LogP contribution in [-0.4, -0.2) is 35.2 Å². The quantitative estimate of drug-likeness (QED) is 0.378. The van der Waals surface area contributed by atoms with Gasteiger partial charge < -0.3 is 24.7 Å². The third-order valence-electron chi connectivity index (χ3n) is 5.44. The Bertz CT molecular complexity index is 1290. The van der Waals surface area contributed by atoms with Crippen LogP contribution in [0.25, 0.3) is 22.1 Å². The number of nitrogens with one attached hydrogen (secondary N) is 1. The van der Waals surface area contributed by atoms with Crippen LogP contribution in [0.3, 0.4) is 0 Å². The number of aliphatic carboxylic acids is 1. The molecule has 7 nitrogen and oxygen atoms in total. The number of carbonyl (C=O) groups is 2. The van der Waals surface area contributed by atoms with E-state index in [9.17, 15) is 19.8 Å².